The van der Waals surface area contributed by atoms with Crippen molar-refractivity contribution in [3.63, 3.8) is 0 Å². The summed E-state index contributed by atoms with van der Waals surface area (Å²) in [5.74, 6) is -5.33. The first-order valence-electron chi connectivity index (χ1n) is 11.5. The minimum absolute atomic E-state index is 0.0141. The number of likely N-dealkylation sites (N-methyl/N-ethyl adjacent to an activating group) is 1. The van der Waals surface area contributed by atoms with Crippen molar-refractivity contribution in [3.8, 4) is 0 Å². The predicted octanol–water partition coefficient (Wildman–Crippen LogP) is 3.03. The summed E-state index contributed by atoms with van der Waals surface area (Å²) in [7, 11) is 2.20. The number of carbonyl (C=O) groups excluding carboxylic acids is 1. The highest BCUT2D eigenvalue weighted by Crippen LogP contribution is 2.38. The van der Waals surface area contributed by atoms with E-state index in [0.717, 1.165) is 70.0 Å². The first-order chi connectivity index (χ1) is 17.5. The van der Waals surface area contributed by atoms with Crippen LogP contribution in [0.25, 0.3) is 0 Å². The summed E-state index contributed by atoms with van der Waals surface area (Å²) < 4.78 is 69.8. The average molecular weight is 578 g/mol. The molecule has 3 fully saturated rings. The summed E-state index contributed by atoms with van der Waals surface area (Å²) >= 11 is 1.53. The van der Waals surface area contributed by atoms with E-state index in [0.29, 0.717) is 6.04 Å². The average Bonchev–Trinajstić information content (AvgIpc) is 3.50. The molecule has 2 N–H and O–H groups in total. The summed E-state index contributed by atoms with van der Waals surface area (Å²) in [6, 6.07) is 4.44. The molecule has 1 aromatic heterocycles. The van der Waals surface area contributed by atoms with Crippen molar-refractivity contribution in [2.75, 3.05) is 52.9 Å². The molecule has 1 amide bonds. The number of ether oxygens (including phenoxy) is 1. The molecule has 1 aromatic rings. The molecule has 38 heavy (non-hydrogen) atoms. The van der Waals surface area contributed by atoms with E-state index in [1.807, 2.05) is 22.4 Å². The van der Waals surface area contributed by atoms with Crippen LogP contribution in [0, 0.1) is 0 Å². The van der Waals surface area contributed by atoms with Crippen LogP contribution >= 0.6 is 11.3 Å². The Bertz CT molecular complexity index is 903. The van der Waals surface area contributed by atoms with Crippen molar-refractivity contribution in [1.29, 1.82) is 0 Å². The fraction of sp³-hybridized carbons (Fsp3) is 0.682. The monoisotopic (exact) mass is 577 g/mol. The fourth-order valence-corrected chi connectivity index (χ4v) is 4.95. The van der Waals surface area contributed by atoms with E-state index < -0.39 is 24.3 Å². The second-order valence-corrected chi connectivity index (χ2v) is 10.0. The van der Waals surface area contributed by atoms with Crippen molar-refractivity contribution in [3.05, 3.63) is 22.4 Å². The van der Waals surface area contributed by atoms with Crippen molar-refractivity contribution < 1.29 is 55.7 Å². The molecule has 3 aliphatic heterocycles. The Morgan fingerprint density at radius 3 is 1.87 bits per heavy atom. The van der Waals surface area contributed by atoms with E-state index in [9.17, 15) is 31.1 Å². The maximum atomic E-state index is 12.5. The molecule has 9 nitrogen and oxygen atoms in total. The van der Waals surface area contributed by atoms with Gasteiger partial charge in [0.1, 0.15) is 0 Å². The summed E-state index contributed by atoms with van der Waals surface area (Å²) in [6.07, 6.45) is -7.07. The molecule has 3 saturated heterocycles. The molecule has 4 heterocycles. The lowest BCUT2D eigenvalue weighted by molar-refractivity contribution is -0.193. The normalized spacial score (nSPS) is 22.2. The number of aliphatic carboxylic acids is 2. The number of likely N-dealkylation sites (tertiary alicyclic amines) is 1. The number of alkyl halides is 6. The number of carboxylic acids is 2. The van der Waals surface area contributed by atoms with Crippen LogP contribution in [-0.2, 0) is 14.3 Å². The SMILES string of the molecule is CN1CCN(C2COC3(CCN(C(=O)c4cccs4)CC3)C2)CC1.O=C(O)C(F)(F)F.O=C(O)C(F)(F)F. The lowest BCUT2D eigenvalue weighted by Gasteiger charge is -2.39. The lowest BCUT2D eigenvalue weighted by atomic mass is 9.87. The zero-order chi connectivity index (χ0) is 28.7. The van der Waals surface area contributed by atoms with Crippen LogP contribution in [0.2, 0.25) is 0 Å². The van der Waals surface area contributed by atoms with Crippen LogP contribution in [0.4, 0.5) is 26.3 Å². The van der Waals surface area contributed by atoms with E-state index in [-0.39, 0.29) is 11.5 Å². The molecule has 4 rings (SSSR count). The van der Waals surface area contributed by atoms with E-state index in [1.54, 1.807) is 0 Å². The van der Waals surface area contributed by atoms with Crippen LogP contribution in [0.1, 0.15) is 28.9 Å². The molecular weight excluding hydrogens is 548 g/mol. The standard InChI is InChI=1S/C18H27N3O2S.2C2HF3O2/c1-19-8-10-20(11-9-19)15-13-18(23-14-15)4-6-21(7-5-18)17(22)16-3-2-12-24-16;2*3-2(4,5)1(6)7/h2-3,12,15H,4-11,13-14H2,1H3;2*(H,6,7). The van der Waals surface area contributed by atoms with Gasteiger partial charge in [0.25, 0.3) is 5.91 Å². The molecule has 16 heteroatoms. The number of piperidine rings is 1. The molecule has 3 aliphatic rings. The molecule has 1 atom stereocenters. The Morgan fingerprint density at radius 1 is 0.947 bits per heavy atom. The third-order valence-corrected chi connectivity index (χ3v) is 7.28. The minimum atomic E-state index is -5.08. The van der Waals surface area contributed by atoms with Gasteiger partial charge in [-0.25, -0.2) is 9.59 Å². The Kier molecular flexibility index (Phi) is 10.9. The Balaban J connectivity index is 0.000000301. The molecule has 0 bridgehead atoms. The van der Waals surface area contributed by atoms with Gasteiger partial charge in [0.15, 0.2) is 0 Å². The van der Waals surface area contributed by atoms with Gasteiger partial charge in [-0.15, -0.1) is 11.3 Å². The maximum absolute atomic E-state index is 12.5. The Labute approximate surface area is 218 Å². The van der Waals surface area contributed by atoms with Crippen molar-refractivity contribution >= 4 is 29.2 Å². The molecule has 216 valence electrons. The van der Waals surface area contributed by atoms with E-state index in [4.69, 9.17) is 24.5 Å². The lowest BCUT2D eigenvalue weighted by Crippen LogP contribution is -2.50. The number of amides is 1. The fourth-order valence-electron chi connectivity index (χ4n) is 4.26. The van der Waals surface area contributed by atoms with Gasteiger partial charge in [-0.3, -0.25) is 9.69 Å². The highest BCUT2D eigenvalue weighted by atomic mass is 32.1. The van der Waals surface area contributed by atoms with E-state index in [1.165, 1.54) is 11.3 Å². The molecule has 1 unspecified atom stereocenters. The third-order valence-electron chi connectivity index (χ3n) is 6.42. The number of hydrogen-bond acceptors (Lipinski definition) is 7. The molecule has 1 spiro atoms. The largest absolute Gasteiger partial charge is 0.490 e. The van der Waals surface area contributed by atoms with Crippen LogP contribution in [0.15, 0.2) is 17.5 Å². The van der Waals surface area contributed by atoms with Gasteiger partial charge in [0.05, 0.1) is 17.1 Å². The number of hydrogen-bond donors (Lipinski definition) is 2. The topological polar surface area (TPSA) is 111 Å². The van der Waals surface area contributed by atoms with Crippen LogP contribution in [0.3, 0.4) is 0 Å². The summed E-state index contributed by atoms with van der Waals surface area (Å²) in [5, 5.41) is 16.2. The number of nitrogens with zero attached hydrogens (tertiary/aromatic N) is 3. The summed E-state index contributed by atoms with van der Waals surface area (Å²) in [5.41, 5.74) is 0.0141. The number of piperazine rings is 1. The third kappa shape index (κ3) is 9.39. The first-order valence-corrected chi connectivity index (χ1v) is 12.4. The highest BCUT2D eigenvalue weighted by Gasteiger charge is 2.45. The van der Waals surface area contributed by atoms with Crippen LogP contribution in [0.5, 0.6) is 0 Å². The quantitative estimate of drug-likeness (QED) is 0.517. The molecule has 0 aliphatic carbocycles. The first kappa shape index (κ1) is 31.8. The van der Waals surface area contributed by atoms with Crippen LogP contribution in [-0.4, -0.2) is 120 Å². The maximum Gasteiger partial charge on any atom is 0.490 e. The molecule has 0 radical (unpaired) electrons. The number of halogens is 6. The van der Waals surface area contributed by atoms with Gasteiger partial charge in [0.2, 0.25) is 0 Å². The van der Waals surface area contributed by atoms with Crippen molar-refractivity contribution in [1.82, 2.24) is 14.7 Å². The van der Waals surface area contributed by atoms with Crippen molar-refractivity contribution in [2.24, 2.45) is 0 Å². The Morgan fingerprint density at radius 2 is 1.45 bits per heavy atom. The van der Waals surface area contributed by atoms with Gasteiger partial charge < -0.3 is 24.7 Å². The Hall–Kier alpha value is -2.43. The van der Waals surface area contributed by atoms with E-state index >= 15 is 0 Å². The van der Waals surface area contributed by atoms with Crippen molar-refractivity contribution in [2.45, 2.75) is 43.3 Å². The smallest absolute Gasteiger partial charge is 0.475 e. The zero-order valence-corrected chi connectivity index (χ0v) is 21.2. The highest BCUT2D eigenvalue weighted by molar-refractivity contribution is 7.12. The van der Waals surface area contributed by atoms with Crippen LogP contribution < -0.4 is 0 Å². The van der Waals surface area contributed by atoms with Gasteiger partial charge >= 0.3 is 24.3 Å². The molecular formula is C22H29F6N3O6S. The predicted molar refractivity (Wildman–Crippen MR) is 123 cm³/mol. The zero-order valence-electron chi connectivity index (χ0n) is 20.4. The van der Waals surface area contributed by atoms with Gasteiger partial charge in [-0.1, -0.05) is 6.07 Å². The number of thiophene rings is 1. The number of carbonyl (C=O) groups is 3. The molecule has 0 saturated carbocycles. The summed E-state index contributed by atoms with van der Waals surface area (Å²) in [6.45, 7) is 7.15. The second-order valence-electron chi connectivity index (χ2n) is 9.07. The van der Waals surface area contributed by atoms with Gasteiger partial charge in [0, 0.05) is 45.3 Å². The number of carboxylic acid groups (broad SMARTS) is 2. The summed E-state index contributed by atoms with van der Waals surface area (Å²) in [4.78, 5) is 38.1. The second kappa shape index (κ2) is 13.1. The number of rotatable bonds is 2. The minimum Gasteiger partial charge on any atom is -0.475 e. The molecule has 0 aromatic carbocycles. The van der Waals surface area contributed by atoms with E-state index in [2.05, 4.69) is 16.8 Å². The van der Waals surface area contributed by atoms with Gasteiger partial charge in [-0.2, -0.15) is 26.3 Å². The van der Waals surface area contributed by atoms with Gasteiger partial charge in [-0.05, 0) is 37.8 Å².